The first-order valence-electron chi connectivity index (χ1n) is 6.33. The number of thioether (sulfide) groups is 1. The molecule has 108 valence electrons. The van der Waals surface area contributed by atoms with Crippen LogP contribution < -0.4 is 0 Å². The van der Waals surface area contributed by atoms with E-state index in [1.165, 1.54) is 11.3 Å². The van der Waals surface area contributed by atoms with Crippen molar-refractivity contribution in [2.45, 2.75) is 16.5 Å². The molecule has 0 aliphatic rings. The highest BCUT2D eigenvalue weighted by molar-refractivity contribution is 8.00. The molecule has 0 spiro atoms. The Hall–Kier alpha value is -1.86. The second kappa shape index (κ2) is 5.87. The summed E-state index contributed by atoms with van der Waals surface area (Å²) >= 11 is 3.07. The number of hydrogen-bond donors (Lipinski definition) is 1. The van der Waals surface area contributed by atoms with E-state index in [-0.39, 0.29) is 6.42 Å². The van der Waals surface area contributed by atoms with Gasteiger partial charge in [-0.1, -0.05) is 30.0 Å². The van der Waals surface area contributed by atoms with E-state index in [2.05, 4.69) is 16.1 Å². The van der Waals surface area contributed by atoms with E-state index < -0.39 is 5.97 Å². The molecule has 7 heteroatoms. The largest absolute Gasteiger partial charge is 0.481 e. The summed E-state index contributed by atoms with van der Waals surface area (Å²) in [6.07, 6.45) is -0.0242. The SMILES string of the molecule is Cn1nc(CSc2nc(CC(=O)O)cs2)c2ccccc21. The average Bonchev–Trinajstić information content (AvgIpc) is 3.02. The summed E-state index contributed by atoms with van der Waals surface area (Å²) in [4.78, 5) is 15.0. The molecule has 0 saturated heterocycles. The molecule has 21 heavy (non-hydrogen) atoms. The molecule has 0 aliphatic carbocycles. The van der Waals surface area contributed by atoms with Gasteiger partial charge in [-0.3, -0.25) is 9.48 Å². The summed E-state index contributed by atoms with van der Waals surface area (Å²) in [5, 5.41) is 16.2. The number of para-hydroxylation sites is 1. The third-order valence-corrected chi connectivity index (χ3v) is 5.11. The average molecular weight is 319 g/mol. The number of aryl methyl sites for hydroxylation is 1. The zero-order valence-electron chi connectivity index (χ0n) is 11.3. The first-order valence-corrected chi connectivity index (χ1v) is 8.19. The summed E-state index contributed by atoms with van der Waals surface area (Å²) < 4.78 is 2.75. The smallest absolute Gasteiger partial charge is 0.309 e. The zero-order chi connectivity index (χ0) is 14.8. The van der Waals surface area contributed by atoms with Crippen LogP contribution in [0.5, 0.6) is 0 Å². The Morgan fingerprint density at radius 3 is 3.05 bits per heavy atom. The molecule has 0 bridgehead atoms. The summed E-state index contributed by atoms with van der Waals surface area (Å²) in [6, 6.07) is 8.12. The maximum Gasteiger partial charge on any atom is 0.309 e. The van der Waals surface area contributed by atoms with E-state index in [1.807, 2.05) is 29.9 Å². The van der Waals surface area contributed by atoms with Gasteiger partial charge in [0.05, 0.1) is 23.3 Å². The molecule has 2 heterocycles. The highest BCUT2D eigenvalue weighted by atomic mass is 32.2. The summed E-state index contributed by atoms with van der Waals surface area (Å²) in [7, 11) is 1.94. The number of benzene rings is 1. The van der Waals surface area contributed by atoms with Crippen molar-refractivity contribution in [3.63, 3.8) is 0 Å². The maximum absolute atomic E-state index is 10.7. The van der Waals surface area contributed by atoms with E-state index in [9.17, 15) is 4.79 Å². The predicted octanol–water partition coefficient (Wildman–Crippen LogP) is 2.95. The van der Waals surface area contributed by atoms with Crippen LogP contribution in [-0.2, 0) is 24.0 Å². The number of fused-ring (bicyclic) bond motifs is 1. The van der Waals surface area contributed by atoms with Crippen LogP contribution in [0.15, 0.2) is 34.0 Å². The maximum atomic E-state index is 10.7. The van der Waals surface area contributed by atoms with Crippen molar-refractivity contribution in [3.05, 3.63) is 41.0 Å². The highest BCUT2D eigenvalue weighted by Gasteiger charge is 2.11. The lowest BCUT2D eigenvalue weighted by molar-refractivity contribution is -0.136. The van der Waals surface area contributed by atoms with Crippen molar-refractivity contribution >= 4 is 40.0 Å². The summed E-state index contributed by atoms with van der Waals surface area (Å²) in [5.41, 5.74) is 2.74. The zero-order valence-corrected chi connectivity index (χ0v) is 12.9. The van der Waals surface area contributed by atoms with E-state index >= 15 is 0 Å². The lowest BCUT2D eigenvalue weighted by Gasteiger charge is -1.95. The fraction of sp³-hybridized carbons (Fsp3) is 0.214. The number of carboxylic acid groups (broad SMARTS) is 1. The van der Waals surface area contributed by atoms with Gasteiger partial charge < -0.3 is 5.11 Å². The van der Waals surface area contributed by atoms with Gasteiger partial charge in [0.1, 0.15) is 0 Å². The highest BCUT2D eigenvalue weighted by Crippen LogP contribution is 2.28. The van der Waals surface area contributed by atoms with Crippen LogP contribution in [0.3, 0.4) is 0 Å². The Kier molecular flexibility index (Phi) is 3.94. The van der Waals surface area contributed by atoms with Gasteiger partial charge in [-0.25, -0.2) is 4.98 Å². The van der Waals surface area contributed by atoms with Crippen LogP contribution in [0, 0.1) is 0 Å². The molecular weight excluding hydrogens is 306 g/mol. The van der Waals surface area contributed by atoms with Gasteiger partial charge in [-0.2, -0.15) is 5.10 Å². The molecule has 2 aromatic heterocycles. The van der Waals surface area contributed by atoms with Crippen molar-refractivity contribution in [2.24, 2.45) is 7.05 Å². The lowest BCUT2D eigenvalue weighted by Crippen LogP contribution is -1.99. The first kappa shape index (κ1) is 14.1. The molecule has 1 aromatic carbocycles. The third-order valence-electron chi connectivity index (χ3n) is 3.03. The van der Waals surface area contributed by atoms with E-state index in [1.54, 1.807) is 17.1 Å². The molecule has 5 nitrogen and oxygen atoms in total. The quantitative estimate of drug-likeness (QED) is 0.732. The minimum atomic E-state index is -0.854. The minimum Gasteiger partial charge on any atom is -0.481 e. The number of carboxylic acids is 1. The Morgan fingerprint density at radius 2 is 2.24 bits per heavy atom. The second-order valence-corrected chi connectivity index (χ2v) is 6.63. The van der Waals surface area contributed by atoms with Crippen molar-refractivity contribution in [3.8, 4) is 0 Å². The molecule has 0 unspecified atom stereocenters. The number of hydrogen-bond acceptors (Lipinski definition) is 5. The van der Waals surface area contributed by atoms with Crippen molar-refractivity contribution < 1.29 is 9.90 Å². The fourth-order valence-corrected chi connectivity index (χ4v) is 3.91. The van der Waals surface area contributed by atoms with Gasteiger partial charge in [-0.05, 0) is 6.07 Å². The van der Waals surface area contributed by atoms with Gasteiger partial charge in [-0.15, -0.1) is 11.3 Å². The second-order valence-electron chi connectivity index (χ2n) is 4.55. The topological polar surface area (TPSA) is 68.0 Å². The van der Waals surface area contributed by atoms with Crippen LogP contribution in [-0.4, -0.2) is 25.8 Å². The van der Waals surface area contributed by atoms with Crippen LogP contribution in [0.2, 0.25) is 0 Å². The molecular formula is C14H13N3O2S2. The molecule has 0 radical (unpaired) electrons. The first-order chi connectivity index (χ1) is 10.1. The Balaban J connectivity index is 1.74. The molecule has 0 atom stereocenters. The van der Waals surface area contributed by atoms with E-state index in [4.69, 9.17) is 5.11 Å². The van der Waals surface area contributed by atoms with Crippen LogP contribution in [0.1, 0.15) is 11.4 Å². The molecule has 0 aliphatic heterocycles. The standard InChI is InChI=1S/C14H13N3O2S2/c1-17-12-5-3-2-4-10(12)11(16-17)8-21-14-15-9(7-20-14)6-13(18)19/h2-5,7H,6,8H2,1H3,(H,18,19). The number of nitrogens with zero attached hydrogens (tertiary/aromatic N) is 3. The monoisotopic (exact) mass is 319 g/mol. The third kappa shape index (κ3) is 3.08. The Morgan fingerprint density at radius 1 is 1.43 bits per heavy atom. The summed E-state index contributed by atoms with van der Waals surface area (Å²) in [5.74, 6) is -0.131. The lowest BCUT2D eigenvalue weighted by atomic mass is 10.2. The number of aliphatic carboxylic acids is 1. The van der Waals surface area contributed by atoms with Crippen molar-refractivity contribution in [1.82, 2.24) is 14.8 Å². The van der Waals surface area contributed by atoms with Crippen molar-refractivity contribution in [1.29, 1.82) is 0 Å². The van der Waals surface area contributed by atoms with Crippen LogP contribution in [0.4, 0.5) is 0 Å². The van der Waals surface area contributed by atoms with Gasteiger partial charge >= 0.3 is 5.97 Å². The molecule has 1 N–H and O–H groups in total. The molecule has 3 rings (SSSR count). The number of carbonyl (C=O) groups is 1. The number of aromatic nitrogens is 3. The van der Waals surface area contributed by atoms with Gasteiger partial charge in [0.2, 0.25) is 0 Å². The number of rotatable bonds is 5. The number of thiazole rings is 1. The van der Waals surface area contributed by atoms with Gasteiger partial charge in [0.15, 0.2) is 4.34 Å². The van der Waals surface area contributed by atoms with E-state index in [0.717, 1.165) is 26.7 Å². The van der Waals surface area contributed by atoms with Crippen LogP contribution >= 0.6 is 23.1 Å². The molecule has 3 aromatic rings. The predicted molar refractivity (Wildman–Crippen MR) is 83.7 cm³/mol. The molecule has 0 saturated carbocycles. The minimum absolute atomic E-state index is 0.0242. The fourth-order valence-electron chi connectivity index (χ4n) is 2.12. The summed E-state index contributed by atoms with van der Waals surface area (Å²) in [6.45, 7) is 0. The van der Waals surface area contributed by atoms with E-state index in [0.29, 0.717) is 5.69 Å². The van der Waals surface area contributed by atoms with Crippen molar-refractivity contribution in [2.75, 3.05) is 0 Å². The molecule has 0 amide bonds. The molecule has 0 fully saturated rings. The van der Waals surface area contributed by atoms with Crippen LogP contribution in [0.25, 0.3) is 10.9 Å². The van der Waals surface area contributed by atoms with Gasteiger partial charge in [0.25, 0.3) is 0 Å². The Labute approximate surface area is 129 Å². The normalized spacial score (nSPS) is 11.1. The Bertz CT molecular complexity index is 794. The van der Waals surface area contributed by atoms with Gasteiger partial charge in [0, 0.05) is 23.6 Å².